The van der Waals surface area contributed by atoms with Crippen LogP contribution in [0.3, 0.4) is 0 Å². The molecule has 2 aromatic rings. The molecule has 0 unspecified atom stereocenters. The summed E-state index contributed by atoms with van der Waals surface area (Å²) in [5.41, 5.74) is 1.38. The minimum Gasteiger partial charge on any atom is -0.398 e. The fraction of sp³-hybridized carbons (Fsp3) is 0.400. The minimum absolute atomic E-state index is 0.389. The molecule has 0 atom stereocenters. The smallest absolute Gasteiger partial charge is 0.398 e. The van der Waals surface area contributed by atoms with E-state index in [4.69, 9.17) is 9.31 Å². The van der Waals surface area contributed by atoms with Crippen molar-refractivity contribution in [2.24, 2.45) is 0 Å². The van der Waals surface area contributed by atoms with Crippen LogP contribution in [0.25, 0.3) is 11.4 Å². The average molecular weight is 283 g/mol. The zero-order valence-electron chi connectivity index (χ0n) is 12.7. The summed E-state index contributed by atoms with van der Waals surface area (Å²) in [6, 6.07) is 5.69. The fourth-order valence-corrected chi connectivity index (χ4v) is 2.10. The maximum Gasteiger partial charge on any atom is 0.516 e. The van der Waals surface area contributed by atoms with Crippen molar-refractivity contribution in [3.8, 4) is 11.4 Å². The summed E-state index contributed by atoms with van der Waals surface area (Å²) in [5, 5.41) is 0. The second-order valence-electron chi connectivity index (χ2n) is 6.13. The molecule has 21 heavy (non-hydrogen) atoms. The maximum atomic E-state index is 6.00. The van der Waals surface area contributed by atoms with E-state index in [-0.39, 0.29) is 11.2 Å². The van der Waals surface area contributed by atoms with Gasteiger partial charge >= 0.3 is 7.12 Å². The normalized spacial score (nSPS) is 19.7. The molecule has 1 saturated heterocycles. The Morgan fingerprint density at radius 1 is 0.952 bits per heavy atom. The van der Waals surface area contributed by atoms with Gasteiger partial charge in [-0.05, 0) is 39.8 Å². The number of pyridine rings is 1. The van der Waals surface area contributed by atoms with Crippen molar-refractivity contribution in [3.05, 3.63) is 36.8 Å². The standard InChI is InChI=1S/C15H18BN3O2/c1-14(2)15(3,4)21-16(20-14)13-10-17-9-12(19-13)11-7-5-6-8-18-11/h5-10H,1-4H3. The lowest BCUT2D eigenvalue weighted by Gasteiger charge is -2.32. The van der Waals surface area contributed by atoms with Crippen molar-refractivity contribution in [2.75, 3.05) is 0 Å². The van der Waals surface area contributed by atoms with E-state index in [1.165, 1.54) is 0 Å². The Morgan fingerprint density at radius 2 is 1.67 bits per heavy atom. The quantitative estimate of drug-likeness (QED) is 0.787. The fourth-order valence-electron chi connectivity index (χ4n) is 2.10. The predicted octanol–water partition coefficient (Wildman–Crippen LogP) is 1.84. The van der Waals surface area contributed by atoms with Crippen LogP contribution in [0.2, 0.25) is 0 Å². The molecule has 5 nitrogen and oxygen atoms in total. The van der Waals surface area contributed by atoms with Crippen LogP contribution in [0.4, 0.5) is 0 Å². The Labute approximate surface area is 124 Å². The number of hydrogen-bond acceptors (Lipinski definition) is 5. The third-order valence-electron chi connectivity index (χ3n) is 4.08. The van der Waals surface area contributed by atoms with Gasteiger partial charge in [0.25, 0.3) is 0 Å². The molecule has 2 aromatic heterocycles. The van der Waals surface area contributed by atoms with E-state index in [0.29, 0.717) is 11.3 Å². The molecular weight excluding hydrogens is 265 g/mol. The highest BCUT2D eigenvalue weighted by Crippen LogP contribution is 2.36. The first kappa shape index (κ1) is 14.2. The van der Waals surface area contributed by atoms with Gasteiger partial charge in [0.1, 0.15) is 5.69 Å². The third kappa shape index (κ3) is 2.56. The van der Waals surface area contributed by atoms with Crippen LogP contribution in [0.1, 0.15) is 27.7 Å². The maximum absolute atomic E-state index is 6.00. The average Bonchev–Trinajstić information content (AvgIpc) is 2.69. The Bertz CT molecular complexity index is 630. The summed E-state index contributed by atoms with van der Waals surface area (Å²) in [6.45, 7) is 8.07. The molecule has 1 fully saturated rings. The van der Waals surface area contributed by atoms with Gasteiger partial charge in [0.05, 0.1) is 28.7 Å². The van der Waals surface area contributed by atoms with Crippen LogP contribution < -0.4 is 5.59 Å². The summed E-state index contributed by atoms with van der Waals surface area (Å²) in [7, 11) is -0.508. The van der Waals surface area contributed by atoms with E-state index in [1.807, 2.05) is 45.9 Å². The van der Waals surface area contributed by atoms with Gasteiger partial charge < -0.3 is 9.31 Å². The van der Waals surface area contributed by atoms with E-state index < -0.39 is 7.12 Å². The van der Waals surface area contributed by atoms with Gasteiger partial charge in [-0.2, -0.15) is 0 Å². The van der Waals surface area contributed by atoms with E-state index in [0.717, 1.165) is 5.69 Å². The van der Waals surface area contributed by atoms with Crippen LogP contribution in [0.5, 0.6) is 0 Å². The molecule has 0 amide bonds. The van der Waals surface area contributed by atoms with Gasteiger partial charge in [-0.15, -0.1) is 0 Å². The molecular formula is C15H18BN3O2. The lowest BCUT2D eigenvalue weighted by Crippen LogP contribution is -2.41. The van der Waals surface area contributed by atoms with Gasteiger partial charge in [-0.1, -0.05) is 6.07 Å². The number of hydrogen-bond donors (Lipinski definition) is 0. The first-order valence-electron chi connectivity index (χ1n) is 6.98. The number of rotatable bonds is 2. The molecule has 0 N–H and O–H groups in total. The Morgan fingerprint density at radius 3 is 2.29 bits per heavy atom. The first-order chi connectivity index (χ1) is 9.89. The zero-order chi connectivity index (χ0) is 15.1. The highest BCUT2D eigenvalue weighted by atomic mass is 16.7. The molecule has 3 rings (SSSR count). The van der Waals surface area contributed by atoms with Crippen molar-refractivity contribution in [1.29, 1.82) is 0 Å². The van der Waals surface area contributed by atoms with E-state index >= 15 is 0 Å². The van der Waals surface area contributed by atoms with Gasteiger partial charge in [-0.3, -0.25) is 15.0 Å². The third-order valence-corrected chi connectivity index (χ3v) is 4.08. The van der Waals surface area contributed by atoms with Crippen LogP contribution in [0, 0.1) is 0 Å². The molecule has 6 heteroatoms. The molecule has 0 aliphatic carbocycles. The van der Waals surface area contributed by atoms with Crippen molar-refractivity contribution in [1.82, 2.24) is 15.0 Å². The first-order valence-corrected chi connectivity index (χ1v) is 6.98. The second-order valence-corrected chi connectivity index (χ2v) is 6.13. The highest BCUT2D eigenvalue weighted by Gasteiger charge is 2.52. The summed E-state index contributed by atoms with van der Waals surface area (Å²) in [6.07, 6.45) is 5.10. The van der Waals surface area contributed by atoms with Crippen molar-refractivity contribution in [2.45, 2.75) is 38.9 Å². The molecule has 1 aliphatic heterocycles. The van der Waals surface area contributed by atoms with Gasteiger partial charge in [0.15, 0.2) is 0 Å². The van der Waals surface area contributed by atoms with Crippen molar-refractivity contribution >= 4 is 12.7 Å². The van der Waals surface area contributed by atoms with E-state index in [2.05, 4.69) is 15.0 Å². The van der Waals surface area contributed by atoms with Gasteiger partial charge in [0, 0.05) is 12.4 Å². The number of aromatic nitrogens is 3. The highest BCUT2D eigenvalue weighted by molar-refractivity contribution is 6.61. The lowest BCUT2D eigenvalue weighted by molar-refractivity contribution is 0.00578. The molecule has 0 saturated carbocycles. The van der Waals surface area contributed by atoms with Crippen molar-refractivity contribution in [3.63, 3.8) is 0 Å². The topological polar surface area (TPSA) is 57.1 Å². The van der Waals surface area contributed by atoms with Crippen LogP contribution in [-0.2, 0) is 9.31 Å². The Hall–Kier alpha value is -1.79. The van der Waals surface area contributed by atoms with Crippen LogP contribution in [0.15, 0.2) is 36.8 Å². The van der Waals surface area contributed by atoms with Crippen LogP contribution in [-0.4, -0.2) is 33.3 Å². The van der Waals surface area contributed by atoms with E-state index in [1.54, 1.807) is 18.6 Å². The van der Waals surface area contributed by atoms with Crippen LogP contribution >= 0.6 is 0 Å². The molecule has 3 heterocycles. The summed E-state index contributed by atoms with van der Waals surface area (Å²) in [5.74, 6) is 0. The van der Waals surface area contributed by atoms with Crippen molar-refractivity contribution < 1.29 is 9.31 Å². The Kier molecular flexibility index (Phi) is 3.30. The van der Waals surface area contributed by atoms with Gasteiger partial charge in [0.2, 0.25) is 0 Å². The molecule has 0 aromatic carbocycles. The molecule has 0 spiro atoms. The van der Waals surface area contributed by atoms with Gasteiger partial charge in [-0.25, -0.2) is 0 Å². The SMILES string of the molecule is CC1(C)OB(c2cncc(-c3ccccn3)n2)OC1(C)C. The minimum atomic E-state index is -0.508. The van der Waals surface area contributed by atoms with E-state index in [9.17, 15) is 0 Å². The molecule has 0 radical (unpaired) electrons. The summed E-state index contributed by atoms with van der Waals surface area (Å²) >= 11 is 0. The molecule has 108 valence electrons. The second kappa shape index (κ2) is 4.89. The summed E-state index contributed by atoms with van der Waals surface area (Å²) in [4.78, 5) is 13.1. The molecule has 0 bridgehead atoms. The monoisotopic (exact) mass is 283 g/mol. The molecule has 1 aliphatic rings. The Balaban J connectivity index is 1.92. The summed E-state index contributed by atoms with van der Waals surface area (Å²) < 4.78 is 12.0. The number of nitrogens with zero attached hydrogens (tertiary/aromatic N) is 3. The lowest BCUT2D eigenvalue weighted by atomic mass is 9.85. The largest absolute Gasteiger partial charge is 0.516 e. The zero-order valence-corrected chi connectivity index (χ0v) is 12.7. The predicted molar refractivity (Wildman–Crippen MR) is 81.0 cm³/mol.